The monoisotopic (exact) mass is 296 g/mol. The Morgan fingerprint density at radius 2 is 1.41 bits per heavy atom. The molecule has 104 valence electrons. The topological polar surface area (TPSA) is 46.5 Å². The van der Waals surface area contributed by atoms with Crippen molar-refractivity contribution in [3.63, 3.8) is 0 Å². The van der Waals surface area contributed by atoms with Crippen LogP contribution in [0.15, 0.2) is 0 Å². The van der Waals surface area contributed by atoms with Crippen LogP contribution in [0.3, 0.4) is 0 Å². The SMILES string of the molecule is O=P(O)(CCC(F)(F)F)OC(F)(F)C(F)(F)F. The Morgan fingerprint density at radius 3 is 1.71 bits per heavy atom. The van der Waals surface area contributed by atoms with Gasteiger partial charge in [0.05, 0.1) is 12.6 Å². The zero-order valence-electron chi connectivity index (χ0n) is 7.65. The summed E-state index contributed by atoms with van der Waals surface area (Å²) in [6.45, 7) is 0. The van der Waals surface area contributed by atoms with Crippen LogP contribution in [-0.4, -0.2) is 29.5 Å². The fourth-order valence-corrected chi connectivity index (χ4v) is 1.63. The van der Waals surface area contributed by atoms with Gasteiger partial charge in [0.2, 0.25) is 0 Å². The normalized spacial score (nSPS) is 17.9. The highest BCUT2D eigenvalue weighted by Crippen LogP contribution is 2.53. The Kier molecular flexibility index (Phi) is 4.58. The molecule has 12 heteroatoms. The molecule has 0 amide bonds. The van der Waals surface area contributed by atoms with E-state index in [0.29, 0.717) is 0 Å². The van der Waals surface area contributed by atoms with Crippen molar-refractivity contribution >= 4 is 7.60 Å². The van der Waals surface area contributed by atoms with E-state index in [9.17, 15) is 39.7 Å². The molecule has 0 aliphatic carbocycles. The molecule has 3 nitrogen and oxygen atoms in total. The standard InChI is InChI=1S/C5H5F8O3P/c6-3(7,8)1-2-17(14,15)16-5(12,13)4(9,10)11/h1-2H2,(H,14,15). The van der Waals surface area contributed by atoms with Crippen molar-refractivity contribution < 1.29 is 49.1 Å². The lowest BCUT2D eigenvalue weighted by molar-refractivity contribution is -0.362. The lowest BCUT2D eigenvalue weighted by Gasteiger charge is -2.22. The first-order chi connectivity index (χ1) is 7.16. The minimum Gasteiger partial charge on any atom is -0.324 e. The van der Waals surface area contributed by atoms with Crippen LogP contribution in [0, 0.1) is 0 Å². The summed E-state index contributed by atoms with van der Waals surface area (Å²) < 4.78 is 106. The Bertz CT molecular complexity index is 307. The fraction of sp³-hybridized carbons (Fsp3) is 1.00. The van der Waals surface area contributed by atoms with Crippen molar-refractivity contribution in [1.29, 1.82) is 0 Å². The van der Waals surface area contributed by atoms with Crippen molar-refractivity contribution in [2.75, 3.05) is 6.16 Å². The molecule has 0 rings (SSSR count). The van der Waals surface area contributed by atoms with Crippen LogP contribution in [-0.2, 0) is 9.09 Å². The zero-order chi connectivity index (χ0) is 14.1. The van der Waals surface area contributed by atoms with Gasteiger partial charge in [-0.15, -0.1) is 0 Å². The quantitative estimate of drug-likeness (QED) is 0.639. The maximum absolute atomic E-state index is 12.1. The molecule has 0 bridgehead atoms. The molecule has 0 saturated heterocycles. The molecule has 1 N–H and O–H groups in total. The number of alkyl halides is 8. The van der Waals surface area contributed by atoms with Gasteiger partial charge < -0.3 is 4.89 Å². The molecule has 0 aromatic carbocycles. The van der Waals surface area contributed by atoms with Crippen LogP contribution >= 0.6 is 7.60 Å². The van der Waals surface area contributed by atoms with Gasteiger partial charge >= 0.3 is 26.1 Å². The van der Waals surface area contributed by atoms with Crippen LogP contribution in [0.2, 0.25) is 0 Å². The van der Waals surface area contributed by atoms with E-state index in [1.807, 2.05) is 0 Å². The van der Waals surface area contributed by atoms with Crippen molar-refractivity contribution in [3.05, 3.63) is 0 Å². The third-order valence-corrected chi connectivity index (χ3v) is 2.57. The van der Waals surface area contributed by atoms with E-state index in [1.54, 1.807) is 0 Å². The summed E-state index contributed by atoms with van der Waals surface area (Å²) in [7, 11) is -5.70. The zero-order valence-corrected chi connectivity index (χ0v) is 8.54. The summed E-state index contributed by atoms with van der Waals surface area (Å²) in [6.07, 6.45) is -21.2. The molecular weight excluding hydrogens is 291 g/mol. The van der Waals surface area contributed by atoms with Crippen LogP contribution in [0.25, 0.3) is 0 Å². The molecule has 0 heterocycles. The molecule has 0 aromatic heterocycles. The highest BCUT2D eigenvalue weighted by Gasteiger charge is 2.62. The smallest absolute Gasteiger partial charge is 0.324 e. The first kappa shape index (κ1) is 16.6. The van der Waals surface area contributed by atoms with E-state index in [4.69, 9.17) is 4.89 Å². The first-order valence-electron chi connectivity index (χ1n) is 3.70. The highest BCUT2D eigenvalue weighted by atomic mass is 31.2. The third-order valence-electron chi connectivity index (χ3n) is 1.27. The van der Waals surface area contributed by atoms with Gasteiger partial charge in [0.25, 0.3) is 0 Å². The predicted octanol–water partition coefficient (Wildman–Crippen LogP) is 3.30. The van der Waals surface area contributed by atoms with Gasteiger partial charge in [-0.05, 0) is 0 Å². The molecule has 0 aliphatic heterocycles. The van der Waals surface area contributed by atoms with E-state index in [-0.39, 0.29) is 0 Å². The minimum atomic E-state index is -6.29. The van der Waals surface area contributed by atoms with Gasteiger partial charge in [-0.2, -0.15) is 35.1 Å². The van der Waals surface area contributed by atoms with E-state index in [1.165, 1.54) is 0 Å². The van der Waals surface area contributed by atoms with E-state index < -0.39 is 38.6 Å². The van der Waals surface area contributed by atoms with Crippen LogP contribution in [0.4, 0.5) is 35.1 Å². The lowest BCUT2D eigenvalue weighted by Crippen LogP contribution is -2.38. The first-order valence-corrected chi connectivity index (χ1v) is 5.46. The van der Waals surface area contributed by atoms with Crippen molar-refractivity contribution in [2.45, 2.75) is 24.9 Å². The van der Waals surface area contributed by atoms with Gasteiger partial charge in [0, 0.05) is 0 Å². The Labute approximate surface area is 88.9 Å². The fourth-order valence-electron chi connectivity index (χ4n) is 0.545. The van der Waals surface area contributed by atoms with Gasteiger partial charge in [-0.3, -0.25) is 4.57 Å². The molecule has 1 unspecified atom stereocenters. The van der Waals surface area contributed by atoms with Crippen LogP contribution < -0.4 is 0 Å². The Morgan fingerprint density at radius 1 is 1.00 bits per heavy atom. The molecule has 1 atom stereocenters. The minimum absolute atomic E-state index is 1.89. The molecule has 0 fully saturated rings. The highest BCUT2D eigenvalue weighted by molar-refractivity contribution is 7.52. The molecule has 0 saturated carbocycles. The van der Waals surface area contributed by atoms with Gasteiger partial charge in [0.15, 0.2) is 0 Å². The largest absolute Gasteiger partial charge is 0.483 e. The number of rotatable bonds is 4. The molecular formula is C5H5F8O3P. The summed E-state index contributed by atoms with van der Waals surface area (Å²) in [5.74, 6) is 0. The molecule has 0 spiro atoms. The number of hydrogen-bond acceptors (Lipinski definition) is 2. The van der Waals surface area contributed by atoms with Gasteiger partial charge in [-0.1, -0.05) is 0 Å². The summed E-state index contributed by atoms with van der Waals surface area (Å²) in [5.41, 5.74) is 0. The second kappa shape index (κ2) is 4.69. The van der Waals surface area contributed by atoms with Crippen molar-refractivity contribution in [1.82, 2.24) is 0 Å². The summed E-state index contributed by atoms with van der Waals surface area (Å²) in [4.78, 5) is 8.43. The van der Waals surface area contributed by atoms with E-state index in [0.717, 1.165) is 0 Å². The molecule has 0 aromatic rings. The Hall–Kier alpha value is -0.410. The summed E-state index contributed by atoms with van der Waals surface area (Å²) in [6, 6.07) is 0. The lowest BCUT2D eigenvalue weighted by atomic mass is 10.5. The second-order valence-corrected chi connectivity index (χ2v) is 4.74. The van der Waals surface area contributed by atoms with Gasteiger partial charge in [-0.25, -0.2) is 4.52 Å². The predicted molar refractivity (Wildman–Crippen MR) is 37.5 cm³/mol. The van der Waals surface area contributed by atoms with E-state index in [2.05, 4.69) is 4.52 Å². The van der Waals surface area contributed by atoms with Crippen molar-refractivity contribution in [3.8, 4) is 0 Å². The van der Waals surface area contributed by atoms with Crippen LogP contribution in [0.1, 0.15) is 6.42 Å². The van der Waals surface area contributed by atoms with E-state index >= 15 is 0 Å². The maximum atomic E-state index is 12.1. The second-order valence-electron chi connectivity index (χ2n) is 2.83. The average molecular weight is 296 g/mol. The summed E-state index contributed by atoms with van der Waals surface area (Å²) in [5, 5.41) is 0. The van der Waals surface area contributed by atoms with Crippen molar-refractivity contribution in [2.24, 2.45) is 0 Å². The number of halogens is 8. The molecule has 0 aliphatic rings. The maximum Gasteiger partial charge on any atom is 0.483 e. The van der Waals surface area contributed by atoms with Crippen LogP contribution in [0.5, 0.6) is 0 Å². The molecule has 17 heavy (non-hydrogen) atoms. The third kappa shape index (κ3) is 6.18. The number of hydrogen-bond donors (Lipinski definition) is 1. The van der Waals surface area contributed by atoms with Gasteiger partial charge in [0.1, 0.15) is 0 Å². The average Bonchev–Trinajstić information content (AvgIpc) is 1.95. The molecule has 0 radical (unpaired) electrons. The Balaban J connectivity index is 4.61. The summed E-state index contributed by atoms with van der Waals surface area (Å²) >= 11 is 0.